The van der Waals surface area contributed by atoms with Gasteiger partial charge in [-0.2, -0.15) is 0 Å². The van der Waals surface area contributed by atoms with Crippen LogP contribution in [0, 0.1) is 23.7 Å². The lowest BCUT2D eigenvalue weighted by molar-refractivity contribution is -0.139. The van der Waals surface area contributed by atoms with Gasteiger partial charge in [0.2, 0.25) is 17.7 Å². The molecular weight excluding hydrogens is 390 g/mol. The average molecular weight is 434 g/mol. The summed E-state index contributed by atoms with van der Waals surface area (Å²) in [6, 6.07) is -0.506. The van der Waals surface area contributed by atoms with Gasteiger partial charge in [-0.05, 0) is 50.4 Å². The van der Waals surface area contributed by atoms with Crippen molar-refractivity contribution in [3.05, 3.63) is 12.7 Å². The van der Waals surface area contributed by atoms with Gasteiger partial charge in [0.15, 0.2) is 0 Å². The van der Waals surface area contributed by atoms with Crippen LogP contribution in [0.4, 0.5) is 0 Å². The SMILES string of the molecule is C=CC[C@H](C(N)=O)[C@@H](CC(C)C)C(=O)N[C@H]1CCCCN(CCC2CCCCC2)C1=O. The number of carbonyl (C=O) groups is 3. The molecule has 6 heteroatoms. The van der Waals surface area contributed by atoms with Crippen molar-refractivity contribution >= 4 is 17.7 Å². The Morgan fingerprint density at radius 3 is 2.42 bits per heavy atom. The predicted octanol–water partition coefficient (Wildman–Crippen LogP) is 3.79. The minimum Gasteiger partial charge on any atom is -0.369 e. The van der Waals surface area contributed by atoms with Crippen molar-refractivity contribution in [3.63, 3.8) is 0 Å². The highest BCUT2D eigenvalue weighted by Crippen LogP contribution is 2.28. The fourth-order valence-electron chi connectivity index (χ4n) is 5.17. The quantitative estimate of drug-likeness (QED) is 0.486. The maximum atomic E-state index is 13.2. The number of allylic oxidation sites excluding steroid dienone is 1. The summed E-state index contributed by atoms with van der Waals surface area (Å²) in [5.41, 5.74) is 5.61. The molecule has 3 amide bonds. The number of rotatable bonds is 11. The van der Waals surface area contributed by atoms with Crippen molar-refractivity contribution < 1.29 is 14.4 Å². The van der Waals surface area contributed by atoms with Crippen LogP contribution in [-0.4, -0.2) is 41.8 Å². The molecule has 176 valence electrons. The molecule has 0 radical (unpaired) electrons. The van der Waals surface area contributed by atoms with Gasteiger partial charge >= 0.3 is 0 Å². The van der Waals surface area contributed by atoms with E-state index in [1.54, 1.807) is 6.08 Å². The predicted molar refractivity (Wildman–Crippen MR) is 124 cm³/mol. The number of nitrogens with two attached hydrogens (primary N) is 1. The largest absolute Gasteiger partial charge is 0.369 e. The minimum absolute atomic E-state index is 0.0318. The highest BCUT2D eigenvalue weighted by atomic mass is 16.2. The van der Waals surface area contributed by atoms with Crippen LogP contribution in [0.2, 0.25) is 0 Å². The Labute approximate surface area is 188 Å². The summed E-state index contributed by atoms with van der Waals surface area (Å²) >= 11 is 0. The second-order valence-corrected chi connectivity index (χ2v) is 9.94. The van der Waals surface area contributed by atoms with Crippen molar-refractivity contribution in [1.29, 1.82) is 0 Å². The van der Waals surface area contributed by atoms with E-state index in [2.05, 4.69) is 11.9 Å². The fourth-order valence-corrected chi connectivity index (χ4v) is 5.17. The van der Waals surface area contributed by atoms with Gasteiger partial charge in [-0.15, -0.1) is 6.58 Å². The average Bonchev–Trinajstić information content (AvgIpc) is 2.91. The van der Waals surface area contributed by atoms with Crippen LogP contribution in [0.3, 0.4) is 0 Å². The van der Waals surface area contributed by atoms with E-state index in [9.17, 15) is 14.4 Å². The van der Waals surface area contributed by atoms with Crippen LogP contribution in [0.5, 0.6) is 0 Å². The van der Waals surface area contributed by atoms with Crippen LogP contribution in [0.25, 0.3) is 0 Å². The zero-order valence-electron chi connectivity index (χ0n) is 19.6. The van der Waals surface area contributed by atoms with Crippen LogP contribution in [0.1, 0.15) is 84.5 Å². The Morgan fingerprint density at radius 2 is 1.81 bits per heavy atom. The molecule has 0 aromatic heterocycles. The van der Waals surface area contributed by atoms with Crippen molar-refractivity contribution in [2.45, 2.75) is 90.5 Å². The maximum Gasteiger partial charge on any atom is 0.245 e. The van der Waals surface area contributed by atoms with Crippen molar-refractivity contribution in [1.82, 2.24) is 10.2 Å². The molecule has 1 saturated carbocycles. The Balaban J connectivity index is 2.03. The summed E-state index contributed by atoms with van der Waals surface area (Å²) in [5, 5.41) is 3.00. The first-order valence-electron chi connectivity index (χ1n) is 12.3. The summed E-state index contributed by atoms with van der Waals surface area (Å²) < 4.78 is 0. The molecule has 6 nitrogen and oxygen atoms in total. The number of nitrogens with one attached hydrogen (secondary N) is 1. The van der Waals surface area contributed by atoms with E-state index in [-0.39, 0.29) is 17.7 Å². The standard InChI is InChI=1S/C25H43N3O3/c1-4-10-20(23(26)29)21(17-18(2)3)24(30)27-22-13-8-9-15-28(25(22)31)16-14-19-11-6-5-7-12-19/h4,18-22H,1,5-17H2,2-3H3,(H2,26,29)(H,27,30)/t20-,21+,22-/m0/s1. The van der Waals surface area contributed by atoms with E-state index in [1.807, 2.05) is 18.7 Å². The lowest BCUT2D eigenvalue weighted by Gasteiger charge is -2.30. The third-order valence-corrected chi connectivity index (χ3v) is 6.96. The summed E-state index contributed by atoms with van der Waals surface area (Å²) in [6.07, 6.45) is 12.7. The minimum atomic E-state index is -0.594. The first-order valence-corrected chi connectivity index (χ1v) is 12.3. The van der Waals surface area contributed by atoms with Gasteiger partial charge in [0.25, 0.3) is 0 Å². The van der Waals surface area contributed by atoms with E-state index in [0.717, 1.165) is 38.3 Å². The second kappa shape index (κ2) is 12.9. The third-order valence-electron chi connectivity index (χ3n) is 6.96. The Bertz CT molecular complexity index is 613. The molecule has 2 aliphatic rings. The molecule has 0 aromatic carbocycles. The molecule has 0 unspecified atom stereocenters. The molecule has 1 saturated heterocycles. The molecule has 3 N–H and O–H groups in total. The zero-order chi connectivity index (χ0) is 22.8. The van der Waals surface area contributed by atoms with Gasteiger partial charge < -0.3 is 16.0 Å². The van der Waals surface area contributed by atoms with Crippen LogP contribution < -0.4 is 11.1 Å². The van der Waals surface area contributed by atoms with Gasteiger partial charge in [0, 0.05) is 13.1 Å². The molecule has 0 aromatic rings. The summed E-state index contributed by atoms with van der Waals surface area (Å²) in [6.45, 7) is 9.32. The van der Waals surface area contributed by atoms with Crippen molar-refractivity contribution in [2.75, 3.05) is 13.1 Å². The fraction of sp³-hybridized carbons (Fsp3) is 0.800. The van der Waals surface area contributed by atoms with Crippen molar-refractivity contribution in [2.24, 2.45) is 29.4 Å². The highest BCUT2D eigenvalue weighted by molar-refractivity contribution is 5.91. The van der Waals surface area contributed by atoms with Crippen LogP contribution in [0.15, 0.2) is 12.7 Å². The molecule has 1 heterocycles. The van der Waals surface area contributed by atoms with Crippen LogP contribution in [-0.2, 0) is 14.4 Å². The molecular formula is C25H43N3O3. The van der Waals surface area contributed by atoms with E-state index in [1.165, 1.54) is 32.1 Å². The number of hydrogen-bond donors (Lipinski definition) is 2. The first-order chi connectivity index (χ1) is 14.8. The molecule has 1 aliphatic carbocycles. The van der Waals surface area contributed by atoms with Gasteiger partial charge in [-0.25, -0.2) is 0 Å². The Hall–Kier alpha value is -1.85. The highest BCUT2D eigenvalue weighted by Gasteiger charge is 2.35. The van der Waals surface area contributed by atoms with E-state index < -0.39 is 23.8 Å². The number of likely N-dealkylation sites (tertiary alicyclic amines) is 1. The molecule has 31 heavy (non-hydrogen) atoms. The van der Waals surface area contributed by atoms with E-state index in [0.29, 0.717) is 19.3 Å². The topological polar surface area (TPSA) is 92.5 Å². The lowest BCUT2D eigenvalue weighted by Crippen LogP contribution is -2.51. The molecule has 0 bridgehead atoms. The Kier molecular flexibility index (Phi) is 10.6. The van der Waals surface area contributed by atoms with Crippen molar-refractivity contribution in [3.8, 4) is 0 Å². The first kappa shape index (κ1) is 25.4. The molecule has 1 aliphatic heterocycles. The zero-order valence-corrected chi connectivity index (χ0v) is 19.6. The van der Waals surface area contributed by atoms with E-state index in [4.69, 9.17) is 5.73 Å². The Morgan fingerprint density at radius 1 is 1.13 bits per heavy atom. The van der Waals surface area contributed by atoms with Gasteiger partial charge in [-0.1, -0.05) is 52.0 Å². The molecule has 0 spiro atoms. The lowest BCUT2D eigenvalue weighted by atomic mass is 9.82. The maximum absolute atomic E-state index is 13.2. The normalized spacial score (nSPS) is 22.6. The summed E-state index contributed by atoms with van der Waals surface area (Å²) in [5.74, 6) is -0.855. The molecule has 3 atom stereocenters. The summed E-state index contributed by atoms with van der Waals surface area (Å²) in [4.78, 5) is 40.4. The number of primary amides is 1. The molecule has 2 rings (SSSR count). The van der Waals surface area contributed by atoms with Crippen LogP contribution >= 0.6 is 0 Å². The number of nitrogens with zero attached hydrogens (tertiary/aromatic N) is 1. The van der Waals surface area contributed by atoms with Gasteiger partial charge in [0.05, 0.1) is 11.8 Å². The van der Waals surface area contributed by atoms with Gasteiger partial charge in [-0.3, -0.25) is 14.4 Å². The number of carbonyl (C=O) groups excluding carboxylic acids is 3. The second-order valence-electron chi connectivity index (χ2n) is 9.94. The monoisotopic (exact) mass is 433 g/mol. The van der Waals surface area contributed by atoms with Gasteiger partial charge in [0.1, 0.15) is 6.04 Å². The smallest absolute Gasteiger partial charge is 0.245 e. The molecule has 2 fully saturated rings. The third kappa shape index (κ3) is 7.97. The number of hydrogen-bond acceptors (Lipinski definition) is 3. The van der Waals surface area contributed by atoms with E-state index >= 15 is 0 Å². The summed E-state index contributed by atoms with van der Waals surface area (Å²) in [7, 11) is 0. The number of amides is 3.